The molecule has 0 aliphatic rings. The molecule has 1 N–H and O–H groups in total. The molecule has 3 rings (SSSR count). The lowest BCUT2D eigenvalue weighted by atomic mass is 10.2. The van der Waals surface area contributed by atoms with Crippen LogP contribution in [0.1, 0.15) is 10.4 Å². The van der Waals surface area contributed by atoms with Gasteiger partial charge < -0.3 is 0 Å². The molecule has 0 fully saturated rings. The van der Waals surface area contributed by atoms with E-state index in [0.29, 0.717) is 11.3 Å². The molecule has 1 aromatic heterocycles. The summed E-state index contributed by atoms with van der Waals surface area (Å²) in [5.74, 6) is -2.80. The van der Waals surface area contributed by atoms with Crippen molar-refractivity contribution in [3.8, 4) is 11.3 Å². The van der Waals surface area contributed by atoms with Crippen molar-refractivity contribution in [1.82, 2.24) is 4.98 Å². The molecule has 150 valence electrons. The fourth-order valence-electron chi connectivity index (χ4n) is 2.40. The van der Waals surface area contributed by atoms with E-state index in [1.54, 1.807) is 0 Å². The molecular formula is C17H11F2N3O5S2. The molecular weight excluding hydrogens is 428 g/mol. The van der Waals surface area contributed by atoms with Crippen LogP contribution in [0.5, 0.6) is 0 Å². The first-order valence-electron chi connectivity index (χ1n) is 7.77. The summed E-state index contributed by atoms with van der Waals surface area (Å²) in [6.45, 7) is 0. The number of carbonyl (C=O) groups is 1. The van der Waals surface area contributed by atoms with E-state index < -0.39 is 42.9 Å². The smallest absolute Gasteiger partial charge is 0.288 e. The Morgan fingerprint density at radius 1 is 1.17 bits per heavy atom. The van der Waals surface area contributed by atoms with Gasteiger partial charge >= 0.3 is 0 Å². The first-order chi connectivity index (χ1) is 13.6. The van der Waals surface area contributed by atoms with Crippen LogP contribution in [0.15, 0.2) is 46.7 Å². The minimum atomic E-state index is -3.85. The molecule has 0 bridgehead atoms. The van der Waals surface area contributed by atoms with Gasteiger partial charge in [-0.3, -0.25) is 20.2 Å². The van der Waals surface area contributed by atoms with E-state index in [-0.39, 0.29) is 10.7 Å². The van der Waals surface area contributed by atoms with Gasteiger partial charge in [0, 0.05) is 28.8 Å². The number of thiazole rings is 1. The van der Waals surface area contributed by atoms with Crippen LogP contribution >= 0.6 is 11.3 Å². The summed E-state index contributed by atoms with van der Waals surface area (Å²) in [4.78, 5) is 26.2. The predicted octanol–water partition coefficient (Wildman–Crippen LogP) is 3.65. The summed E-state index contributed by atoms with van der Waals surface area (Å²) in [7, 11) is -3.85. The van der Waals surface area contributed by atoms with Gasteiger partial charge in [-0.25, -0.2) is 22.2 Å². The summed E-state index contributed by atoms with van der Waals surface area (Å²) >= 11 is 1.01. The van der Waals surface area contributed by atoms with Crippen molar-refractivity contribution in [3.63, 3.8) is 0 Å². The molecule has 0 aliphatic carbocycles. The first-order valence-corrected chi connectivity index (χ1v) is 10.5. The number of nitro benzene ring substituents is 1. The van der Waals surface area contributed by atoms with Gasteiger partial charge in [-0.15, -0.1) is 11.3 Å². The normalized spacial score (nSPS) is 11.3. The van der Waals surface area contributed by atoms with Gasteiger partial charge in [-0.1, -0.05) is 0 Å². The number of anilines is 1. The van der Waals surface area contributed by atoms with Crippen molar-refractivity contribution < 1.29 is 26.9 Å². The monoisotopic (exact) mass is 439 g/mol. The lowest BCUT2D eigenvalue weighted by Gasteiger charge is -2.05. The van der Waals surface area contributed by atoms with Crippen LogP contribution < -0.4 is 5.32 Å². The Labute approximate surface area is 166 Å². The van der Waals surface area contributed by atoms with E-state index in [0.717, 1.165) is 47.9 Å². The Kier molecular flexibility index (Phi) is 5.40. The van der Waals surface area contributed by atoms with Crippen molar-refractivity contribution in [2.24, 2.45) is 0 Å². The van der Waals surface area contributed by atoms with Gasteiger partial charge in [0.1, 0.15) is 4.90 Å². The molecule has 1 amide bonds. The van der Waals surface area contributed by atoms with Crippen molar-refractivity contribution >= 4 is 37.9 Å². The van der Waals surface area contributed by atoms with Crippen LogP contribution in [0, 0.1) is 21.7 Å². The van der Waals surface area contributed by atoms with Crippen LogP contribution in [0.4, 0.5) is 19.6 Å². The Morgan fingerprint density at radius 3 is 2.52 bits per heavy atom. The Bertz CT molecular complexity index is 1240. The number of carbonyl (C=O) groups excluding carboxylic acids is 1. The van der Waals surface area contributed by atoms with Gasteiger partial charge in [0.15, 0.2) is 26.6 Å². The average molecular weight is 439 g/mol. The van der Waals surface area contributed by atoms with Crippen molar-refractivity contribution in [3.05, 3.63) is 69.1 Å². The zero-order valence-corrected chi connectivity index (χ0v) is 16.2. The highest BCUT2D eigenvalue weighted by Gasteiger charge is 2.24. The lowest BCUT2D eigenvalue weighted by Crippen LogP contribution is -2.13. The number of benzene rings is 2. The largest absolute Gasteiger partial charge is 0.298 e. The van der Waals surface area contributed by atoms with Crippen molar-refractivity contribution in [1.29, 1.82) is 0 Å². The average Bonchev–Trinajstić information content (AvgIpc) is 3.11. The molecule has 2 aromatic carbocycles. The molecule has 0 atom stereocenters. The van der Waals surface area contributed by atoms with Crippen LogP contribution in [-0.2, 0) is 9.84 Å². The number of nitrogens with one attached hydrogen (secondary N) is 1. The first kappa shape index (κ1) is 20.5. The molecule has 0 saturated heterocycles. The van der Waals surface area contributed by atoms with Gasteiger partial charge in [0.2, 0.25) is 0 Å². The second kappa shape index (κ2) is 7.64. The van der Waals surface area contributed by atoms with Crippen molar-refractivity contribution in [2.75, 3.05) is 11.6 Å². The third kappa shape index (κ3) is 4.43. The van der Waals surface area contributed by atoms with E-state index in [4.69, 9.17) is 0 Å². The zero-order chi connectivity index (χ0) is 21.3. The molecule has 0 saturated carbocycles. The van der Waals surface area contributed by atoms with Gasteiger partial charge in [-0.2, -0.15) is 0 Å². The quantitative estimate of drug-likeness (QED) is 0.479. The molecule has 0 radical (unpaired) electrons. The van der Waals surface area contributed by atoms with Crippen LogP contribution in [0.25, 0.3) is 11.3 Å². The SMILES string of the molecule is CS(=O)(=O)c1ccc(C(=O)Nc2nc(-c3ccc(F)c(F)c3)cs2)cc1[N+](=O)[O-]. The second-order valence-electron chi connectivity index (χ2n) is 5.83. The summed E-state index contributed by atoms with van der Waals surface area (Å²) in [5.41, 5.74) is -0.271. The minimum absolute atomic E-state index is 0.115. The lowest BCUT2D eigenvalue weighted by molar-refractivity contribution is -0.387. The van der Waals surface area contributed by atoms with Crippen LogP contribution in [-0.4, -0.2) is 30.5 Å². The molecule has 0 aliphatic heterocycles. The van der Waals surface area contributed by atoms with Gasteiger partial charge in [0.05, 0.1) is 10.6 Å². The van der Waals surface area contributed by atoms with Crippen molar-refractivity contribution in [2.45, 2.75) is 4.90 Å². The molecule has 1 heterocycles. The zero-order valence-electron chi connectivity index (χ0n) is 14.5. The molecule has 0 unspecified atom stereocenters. The number of amides is 1. The number of sulfone groups is 1. The fraction of sp³-hybridized carbons (Fsp3) is 0.0588. The number of rotatable bonds is 5. The highest BCUT2D eigenvalue weighted by atomic mass is 32.2. The van der Waals surface area contributed by atoms with Crippen LogP contribution in [0.2, 0.25) is 0 Å². The number of halogens is 2. The highest BCUT2D eigenvalue weighted by Crippen LogP contribution is 2.28. The van der Waals surface area contributed by atoms with E-state index in [9.17, 15) is 32.1 Å². The third-order valence-corrected chi connectivity index (χ3v) is 5.66. The fourth-order valence-corrected chi connectivity index (χ4v) is 3.95. The number of nitrogens with zero attached hydrogens (tertiary/aromatic N) is 2. The Morgan fingerprint density at radius 2 is 1.90 bits per heavy atom. The maximum Gasteiger partial charge on any atom is 0.288 e. The van der Waals surface area contributed by atoms with E-state index in [2.05, 4.69) is 10.3 Å². The topological polar surface area (TPSA) is 119 Å². The van der Waals surface area contributed by atoms with E-state index in [1.165, 1.54) is 11.4 Å². The van der Waals surface area contributed by atoms with Gasteiger partial charge in [-0.05, 0) is 30.3 Å². The van der Waals surface area contributed by atoms with E-state index in [1.807, 2.05) is 0 Å². The summed E-state index contributed by atoms with van der Waals surface area (Å²) < 4.78 is 49.7. The summed E-state index contributed by atoms with van der Waals surface area (Å²) in [6, 6.07) is 6.22. The second-order valence-corrected chi connectivity index (χ2v) is 8.67. The molecule has 29 heavy (non-hydrogen) atoms. The standard InChI is InChI=1S/C17H11F2N3O5S2/c1-29(26,27)15-5-3-10(7-14(15)22(24)25)16(23)21-17-20-13(8-28-17)9-2-4-11(18)12(19)6-9/h2-8H,1H3,(H,20,21,23). The predicted molar refractivity (Wildman–Crippen MR) is 102 cm³/mol. The van der Waals surface area contributed by atoms with Gasteiger partial charge in [0.25, 0.3) is 11.6 Å². The third-order valence-electron chi connectivity index (χ3n) is 3.76. The summed E-state index contributed by atoms with van der Waals surface area (Å²) in [5, 5.41) is 15.2. The molecule has 8 nitrogen and oxygen atoms in total. The van der Waals surface area contributed by atoms with Crippen LogP contribution in [0.3, 0.4) is 0 Å². The molecule has 12 heteroatoms. The Balaban J connectivity index is 1.86. The molecule has 0 spiro atoms. The van der Waals surface area contributed by atoms with E-state index >= 15 is 0 Å². The maximum atomic E-state index is 13.4. The molecule has 3 aromatic rings. The number of hydrogen-bond donors (Lipinski definition) is 1. The number of aromatic nitrogens is 1. The number of nitro groups is 1. The highest BCUT2D eigenvalue weighted by molar-refractivity contribution is 7.90. The number of hydrogen-bond acceptors (Lipinski definition) is 7. The Hall–Kier alpha value is -3.25. The summed E-state index contributed by atoms with van der Waals surface area (Å²) in [6.07, 6.45) is 0.824. The maximum absolute atomic E-state index is 13.4. The minimum Gasteiger partial charge on any atom is -0.298 e.